The second kappa shape index (κ2) is 5.83. The highest BCUT2D eigenvalue weighted by atomic mass is 32.1. The van der Waals surface area contributed by atoms with Crippen LogP contribution in [-0.4, -0.2) is 12.1 Å². The molecule has 92 valence electrons. The van der Waals surface area contributed by atoms with Crippen LogP contribution in [0.1, 0.15) is 51.8 Å². The monoisotopic (exact) mass is 239 g/mol. The summed E-state index contributed by atoms with van der Waals surface area (Å²) >= 11 is 1.89. The minimum absolute atomic E-state index is 0.211. The Bertz CT molecular complexity index is 284. The summed E-state index contributed by atoms with van der Waals surface area (Å²) in [4.78, 5) is 1.52. The second-order valence-electron chi connectivity index (χ2n) is 5.64. The van der Waals surface area contributed by atoms with E-state index in [1.165, 1.54) is 11.3 Å². The van der Waals surface area contributed by atoms with Crippen LogP contribution in [0.5, 0.6) is 0 Å². The topological polar surface area (TPSA) is 12.0 Å². The molecule has 0 spiro atoms. The van der Waals surface area contributed by atoms with Crippen molar-refractivity contribution in [3.8, 4) is 0 Å². The van der Waals surface area contributed by atoms with Gasteiger partial charge in [0.25, 0.3) is 0 Å². The number of hydrogen-bond donors (Lipinski definition) is 1. The zero-order valence-corrected chi connectivity index (χ0v) is 12.0. The molecule has 1 rings (SSSR count). The predicted molar refractivity (Wildman–Crippen MR) is 74.3 cm³/mol. The summed E-state index contributed by atoms with van der Waals surface area (Å²) < 4.78 is 0. The molecule has 1 aromatic rings. The van der Waals surface area contributed by atoms with E-state index < -0.39 is 0 Å². The first-order chi connectivity index (χ1) is 7.44. The van der Waals surface area contributed by atoms with Gasteiger partial charge < -0.3 is 5.32 Å². The zero-order valence-electron chi connectivity index (χ0n) is 11.2. The summed E-state index contributed by atoms with van der Waals surface area (Å²) in [6.07, 6.45) is 1.24. The highest BCUT2D eigenvalue weighted by Gasteiger charge is 2.21. The molecule has 2 atom stereocenters. The summed E-state index contributed by atoms with van der Waals surface area (Å²) in [5.74, 6) is 1.40. The van der Waals surface area contributed by atoms with Crippen molar-refractivity contribution < 1.29 is 0 Å². The van der Waals surface area contributed by atoms with Gasteiger partial charge in [0.2, 0.25) is 0 Å². The third kappa shape index (κ3) is 4.26. The minimum Gasteiger partial charge on any atom is -0.311 e. The van der Waals surface area contributed by atoms with E-state index in [4.69, 9.17) is 0 Å². The molecule has 0 fully saturated rings. The van der Waals surface area contributed by atoms with Gasteiger partial charge in [0, 0.05) is 22.9 Å². The van der Waals surface area contributed by atoms with Gasteiger partial charge in [-0.05, 0) is 38.1 Å². The molecular formula is C14H25NS. The van der Waals surface area contributed by atoms with Gasteiger partial charge in [-0.2, -0.15) is 0 Å². The number of rotatable bonds is 5. The Kier molecular flexibility index (Phi) is 5.00. The summed E-state index contributed by atoms with van der Waals surface area (Å²) in [6, 6.07) is 4.43. The molecule has 1 nitrogen and oxygen atoms in total. The van der Waals surface area contributed by atoms with E-state index in [2.05, 4.69) is 57.4 Å². The second-order valence-corrected chi connectivity index (χ2v) is 6.62. The van der Waals surface area contributed by atoms with Crippen molar-refractivity contribution in [1.29, 1.82) is 0 Å². The van der Waals surface area contributed by atoms with E-state index in [0.717, 1.165) is 12.5 Å². The van der Waals surface area contributed by atoms with Crippen LogP contribution in [0.2, 0.25) is 0 Å². The molecule has 2 heteroatoms. The molecule has 0 bridgehead atoms. The van der Waals surface area contributed by atoms with Crippen LogP contribution in [0.4, 0.5) is 0 Å². The lowest BCUT2D eigenvalue weighted by Crippen LogP contribution is -2.39. The third-order valence-corrected chi connectivity index (χ3v) is 4.10. The van der Waals surface area contributed by atoms with Crippen LogP contribution in [-0.2, 0) is 0 Å². The fourth-order valence-electron chi connectivity index (χ4n) is 1.79. The van der Waals surface area contributed by atoms with Gasteiger partial charge >= 0.3 is 0 Å². The van der Waals surface area contributed by atoms with Gasteiger partial charge in [-0.1, -0.05) is 26.3 Å². The normalized spacial score (nSPS) is 16.1. The molecule has 0 radical (unpaired) electrons. The van der Waals surface area contributed by atoms with E-state index in [1.807, 2.05) is 11.3 Å². The SMILES string of the molecule is CCC(C)C(CNC(C)(C)C)c1cccs1. The van der Waals surface area contributed by atoms with E-state index in [0.29, 0.717) is 5.92 Å². The molecule has 0 amide bonds. The van der Waals surface area contributed by atoms with Gasteiger partial charge in [0.15, 0.2) is 0 Å². The van der Waals surface area contributed by atoms with Gasteiger partial charge in [0.1, 0.15) is 0 Å². The van der Waals surface area contributed by atoms with Crippen molar-refractivity contribution in [2.24, 2.45) is 5.92 Å². The van der Waals surface area contributed by atoms with E-state index in [-0.39, 0.29) is 5.54 Å². The van der Waals surface area contributed by atoms with Crippen molar-refractivity contribution in [2.45, 2.75) is 52.5 Å². The van der Waals surface area contributed by atoms with Crippen LogP contribution >= 0.6 is 11.3 Å². The quantitative estimate of drug-likeness (QED) is 0.809. The fraction of sp³-hybridized carbons (Fsp3) is 0.714. The van der Waals surface area contributed by atoms with Gasteiger partial charge in [-0.15, -0.1) is 11.3 Å². The molecule has 0 saturated carbocycles. The first-order valence-corrected chi connectivity index (χ1v) is 7.10. The molecule has 1 N–H and O–H groups in total. The van der Waals surface area contributed by atoms with Crippen LogP contribution < -0.4 is 5.32 Å². The predicted octanol–water partition coefficient (Wildman–Crippen LogP) is 4.27. The molecule has 0 aliphatic rings. The molecule has 0 saturated heterocycles. The molecular weight excluding hydrogens is 214 g/mol. The molecule has 0 aliphatic heterocycles. The number of hydrogen-bond acceptors (Lipinski definition) is 2. The van der Waals surface area contributed by atoms with Crippen LogP contribution in [0.15, 0.2) is 17.5 Å². The van der Waals surface area contributed by atoms with Crippen LogP contribution in [0, 0.1) is 5.92 Å². The highest BCUT2D eigenvalue weighted by Crippen LogP contribution is 2.30. The van der Waals surface area contributed by atoms with Crippen molar-refractivity contribution >= 4 is 11.3 Å². The van der Waals surface area contributed by atoms with Gasteiger partial charge in [0.05, 0.1) is 0 Å². The first-order valence-electron chi connectivity index (χ1n) is 6.22. The molecule has 0 aromatic carbocycles. The van der Waals surface area contributed by atoms with Crippen molar-refractivity contribution in [3.05, 3.63) is 22.4 Å². The maximum absolute atomic E-state index is 3.63. The lowest BCUT2D eigenvalue weighted by atomic mass is 9.89. The van der Waals surface area contributed by atoms with Crippen LogP contribution in [0.3, 0.4) is 0 Å². The lowest BCUT2D eigenvalue weighted by Gasteiger charge is -2.28. The largest absolute Gasteiger partial charge is 0.311 e. The van der Waals surface area contributed by atoms with Gasteiger partial charge in [-0.25, -0.2) is 0 Å². The summed E-state index contributed by atoms with van der Waals surface area (Å²) in [5, 5.41) is 5.81. The Morgan fingerprint density at radius 3 is 2.50 bits per heavy atom. The standard InChI is InChI=1S/C14H25NS/c1-6-11(2)12(10-15-14(3,4)5)13-8-7-9-16-13/h7-9,11-12,15H,6,10H2,1-5H3. The lowest BCUT2D eigenvalue weighted by molar-refractivity contribution is 0.358. The van der Waals surface area contributed by atoms with Crippen LogP contribution in [0.25, 0.3) is 0 Å². The molecule has 16 heavy (non-hydrogen) atoms. The first kappa shape index (κ1) is 13.7. The van der Waals surface area contributed by atoms with Crippen molar-refractivity contribution in [3.63, 3.8) is 0 Å². The van der Waals surface area contributed by atoms with Crippen molar-refractivity contribution in [2.75, 3.05) is 6.54 Å². The van der Waals surface area contributed by atoms with Crippen molar-refractivity contribution in [1.82, 2.24) is 5.32 Å². The summed E-state index contributed by atoms with van der Waals surface area (Å²) in [7, 11) is 0. The highest BCUT2D eigenvalue weighted by molar-refractivity contribution is 7.10. The Morgan fingerprint density at radius 1 is 1.38 bits per heavy atom. The smallest absolute Gasteiger partial charge is 0.00967 e. The average Bonchev–Trinajstić information content (AvgIpc) is 2.69. The van der Waals surface area contributed by atoms with E-state index in [1.54, 1.807) is 0 Å². The average molecular weight is 239 g/mol. The maximum atomic E-state index is 3.63. The maximum Gasteiger partial charge on any atom is 0.00967 e. The zero-order chi connectivity index (χ0) is 12.2. The molecule has 1 heterocycles. The number of nitrogens with one attached hydrogen (secondary N) is 1. The third-order valence-electron chi connectivity index (χ3n) is 3.09. The molecule has 1 aromatic heterocycles. The number of thiophene rings is 1. The molecule has 2 unspecified atom stereocenters. The fourth-order valence-corrected chi connectivity index (χ4v) is 2.75. The minimum atomic E-state index is 0.211. The Hall–Kier alpha value is -0.340. The van der Waals surface area contributed by atoms with Gasteiger partial charge in [-0.3, -0.25) is 0 Å². The summed E-state index contributed by atoms with van der Waals surface area (Å²) in [5.41, 5.74) is 0.211. The Morgan fingerprint density at radius 2 is 2.06 bits per heavy atom. The van der Waals surface area contributed by atoms with E-state index >= 15 is 0 Å². The summed E-state index contributed by atoms with van der Waals surface area (Å²) in [6.45, 7) is 12.4. The molecule has 0 aliphatic carbocycles. The van der Waals surface area contributed by atoms with E-state index in [9.17, 15) is 0 Å². The Balaban J connectivity index is 2.66. The Labute approximate surface area is 104 Å².